The van der Waals surface area contributed by atoms with E-state index in [4.69, 9.17) is 4.74 Å². The highest BCUT2D eigenvalue weighted by Crippen LogP contribution is 2.70. The van der Waals surface area contributed by atoms with Crippen molar-refractivity contribution in [3.63, 3.8) is 0 Å². The highest BCUT2D eigenvalue weighted by atomic mass is 19.1. The maximum absolute atomic E-state index is 17.5. The molecule has 12 heteroatoms. The molecule has 8 atom stereocenters. The second-order valence-electron chi connectivity index (χ2n) is 15.4. The monoisotopic (exact) mass is 693 g/mol. The molecule has 1 saturated heterocycles. The highest BCUT2D eigenvalue weighted by molar-refractivity contribution is 6.01. The van der Waals surface area contributed by atoms with Crippen LogP contribution >= 0.6 is 0 Å². The number of nitrogens with zero attached hydrogens (tertiary/aromatic N) is 2. The zero-order chi connectivity index (χ0) is 36.0. The highest BCUT2D eigenvalue weighted by Gasteiger charge is 2.75. The van der Waals surface area contributed by atoms with E-state index in [0.29, 0.717) is 68.8 Å². The summed E-state index contributed by atoms with van der Waals surface area (Å²) < 4.78 is 39.9. The van der Waals surface area contributed by atoms with Gasteiger partial charge in [0.25, 0.3) is 0 Å². The van der Waals surface area contributed by atoms with Crippen molar-refractivity contribution in [3.8, 4) is 0 Å². The molecule has 0 radical (unpaired) electrons. The van der Waals surface area contributed by atoms with Gasteiger partial charge in [-0.3, -0.25) is 14.4 Å². The molecule has 1 aliphatic heterocycles. The predicted molar refractivity (Wildman–Crippen MR) is 182 cm³/mol. The number of esters is 1. The Hall–Kier alpha value is -3.74. The van der Waals surface area contributed by atoms with E-state index in [1.807, 2.05) is 11.8 Å². The molecule has 2 aromatic rings. The van der Waals surface area contributed by atoms with Gasteiger partial charge in [-0.05, 0) is 75.7 Å². The van der Waals surface area contributed by atoms with E-state index in [2.05, 4.69) is 5.32 Å². The fourth-order valence-electron chi connectivity index (χ4n) is 10.4. The Labute approximate surface area is 289 Å². The number of Topliss-reactive ketones (excluding diaryl/α,β-unsaturated/α-hetero) is 1. The van der Waals surface area contributed by atoms with Crippen molar-refractivity contribution in [1.82, 2.24) is 9.88 Å². The fourth-order valence-corrected chi connectivity index (χ4v) is 10.4. The number of piperazine rings is 1. The normalized spacial score (nSPS) is 36.4. The zero-order valence-electron chi connectivity index (χ0n) is 28.9. The van der Waals surface area contributed by atoms with Gasteiger partial charge in [-0.2, -0.15) is 0 Å². The molecule has 0 bridgehead atoms. The molecule has 2 heterocycles. The van der Waals surface area contributed by atoms with Crippen LogP contribution in [0, 0.1) is 34.4 Å². The number of carbonyl (C=O) groups is 3. The van der Waals surface area contributed by atoms with Gasteiger partial charge in [0.05, 0.1) is 17.3 Å². The van der Waals surface area contributed by atoms with E-state index in [1.54, 1.807) is 37.5 Å². The average Bonchev–Trinajstić information content (AvgIpc) is 3.29. The number of alkyl halides is 1. The van der Waals surface area contributed by atoms with Crippen molar-refractivity contribution in [2.45, 2.75) is 77.3 Å². The molecule has 0 spiro atoms. The molecule has 0 amide bonds. The number of hydrogen-bond acceptors (Lipinski definition) is 9. The molecule has 10 nitrogen and oxygen atoms in total. The Morgan fingerprint density at radius 1 is 1.14 bits per heavy atom. The quantitative estimate of drug-likeness (QED) is 0.388. The summed E-state index contributed by atoms with van der Waals surface area (Å²) in [5.74, 6) is -4.53. The van der Waals surface area contributed by atoms with Crippen LogP contribution in [0.25, 0.3) is 10.9 Å². The van der Waals surface area contributed by atoms with Crippen LogP contribution in [0.3, 0.4) is 0 Å². The van der Waals surface area contributed by atoms with Gasteiger partial charge in [0, 0.05) is 61.1 Å². The van der Waals surface area contributed by atoms with Crippen LogP contribution in [-0.4, -0.2) is 82.5 Å². The first-order valence-electron chi connectivity index (χ1n) is 17.7. The second kappa shape index (κ2) is 11.9. The number of ketones is 2. The number of anilines is 1. The number of aliphatic hydroxyl groups excluding tert-OH is 1. The third kappa shape index (κ3) is 4.66. The van der Waals surface area contributed by atoms with Crippen molar-refractivity contribution in [3.05, 3.63) is 63.7 Å². The number of benzene rings is 1. The number of aromatic nitrogens is 1. The van der Waals surface area contributed by atoms with Gasteiger partial charge < -0.3 is 29.7 Å². The molecule has 1 aromatic carbocycles. The SMILES string of the molecule is CCn1cc(C(=O)OCC(=O)[C@@]2(O)[C@H](C)C[C@H]3[C@@H]4CCC5=CC(=O)C=C[C@]5(C)[C@@]4(F)C(O)C[C@@]32C)c(=O)c2cc(F)c(N3CCNCC3)cc21. The number of pyridine rings is 1. The summed E-state index contributed by atoms with van der Waals surface area (Å²) in [5.41, 5.74) is -6.29. The first kappa shape index (κ1) is 34.7. The minimum absolute atomic E-state index is 0.00432. The average molecular weight is 694 g/mol. The van der Waals surface area contributed by atoms with Gasteiger partial charge in [0.1, 0.15) is 17.0 Å². The topological polar surface area (TPSA) is 138 Å². The Morgan fingerprint density at radius 2 is 1.86 bits per heavy atom. The molecule has 3 N–H and O–H groups in total. The number of aliphatic hydroxyl groups is 2. The summed E-state index contributed by atoms with van der Waals surface area (Å²) in [5, 5.41) is 27.1. The van der Waals surface area contributed by atoms with Crippen LogP contribution in [0.4, 0.5) is 14.5 Å². The number of nitrogens with one attached hydrogen (secondary N) is 1. The number of hydrogen-bond donors (Lipinski definition) is 3. The molecule has 5 aliphatic rings. The summed E-state index contributed by atoms with van der Waals surface area (Å²) in [6, 6.07) is 2.75. The molecule has 4 aliphatic carbocycles. The van der Waals surface area contributed by atoms with Gasteiger partial charge in [-0.1, -0.05) is 25.5 Å². The van der Waals surface area contributed by atoms with E-state index in [-0.39, 0.29) is 23.2 Å². The summed E-state index contributed by atoms with van der Waals surface area (Å²) in [6.45, 7) is 9.05. The molecular formula is C38H45F2N3O7. The van der Waals surface area contributed by atoms with Crippen LogP contribution in [0.1, 0.15) is 63.7 Å². The number of allylic oxidation sites excluding steroid dienone is 4. The van der Waals surface area contributed by atoms with Crippen LogP contribution in [0.15, 0.2) is 46.9 Å². The minimum atomic E-state index is -2.13. The Bertz CT molecular complexity index is 1920. The fraction of sp³-hybridized carbons (Fsp3) is 0.579. The van der Waals surface area contributed by atoms with Crippen molar-refractivity contribution >= 4 is 34.1 Å². The molecule has 7 rings (SSSR count). The third-order valence-electron chi connectivity index (χ3n) is 13.1. The minimum Gasteiger partial charge on any atom is -0.454 e. The smallest absolute Gasteiger partial charge is 0.344 e. The molecule has 1 unspecified atom stereocenters. The van der Waals surface area contributed by atoms with E-state index in [9.17, 15) is 29.4 Å². The van der Waals surface area contributed by atoms with Crippen molar-refractivity contribution in [2.75, 3.05) is 37.7 Å². The largest absolute Gasteiger partial charge is 0.454 e. The maximum atomic E-state index is 17.5. The number of halogens is 2. The maximum Gasteiger partial charge on any atom is 0.344 e. The predicted octanol–water partition coefficient (Wildman–Crippen LogP) is 3.64. The number of rotatable bonds is 6. The number of aryl methyl sites for hydroxylation is 1. The number of carbonyl (C=O) groups excluding carboxylic acids is 3. The molecule has 4 fully saturated rings. The van der Waals surface area contributed by atoms with Crippen LogP contribution in [0.5, 0.6) is 0 Å². The number of ether oxygens (including phenoxy) is 1. The van der Waals surface area contributed by atoms with E-state index < -0.39 is 75.6 Å². The summed E-state index contributed by atoms with van der Waals surface area (Å²) in [6.07, 6.45) is 5.01. The first-order valence-corrected chi connectivity index (χ1v) is 17.7. The first-order chi connectivity index (χ1) is 23.6. The third-order valence-corrected chi connectivity index (χ3v) is 13.1. The lowest BCUT2D eigenvalue weighted by atomic mass is 9.44. The molecular weight excluding hydrogens is 648 g/mol. The summed E-state index contributed by atoms with van der Waals surface area (Å²) >= 11 is 0. The van der Waals surface area contributed by atoms with E-state index in [1.165, 1.54) is 18.3 Å². The number of fused-ring (bicyclic) bond motifs is 6. The standard InChI is InChI=1S/C38H45F2N3O7/c1-5-42-19-25(33(47)24-16-28(39)30(17-29(24)42)43-12-10-41-11-13-43)34(48)50-20-32(46)38(49)21(2)14-27-26-7-6-22-15-23(44)8-9-35(22,3)37(26,40)31(45)18-36(27,38)4/h8-9,15-17,19,21,26-27,31,41,45,49H,5-7,10-14,18,20H2,1-4H3/t21-,26+,27+,31?,35+,36+,37+,38+/m1/s1. The van der Waals surface area contributed by atoms with Gasteiger partial charge in [0.15, 0.2) is 18.1 Å². The molecule has 3 saturated carbocycles. The van der Waals surface area contributed by atoms with Crippen molar-refractivity contribution in [1.29, 1.82) is 0 Å². The van der Waals surface area contributed by atoms with Gasteiger partial charge in [-0.25, -0.2) is 13.6 Å². The molecule has 1 aromatic heterocycles. The van der Waals surface area contributed by atoms with E-state index in [0.717, 1.165) is 6.07 Å². The Morgan fingerprint density at radius 3 is 2.56 bits per heavy atom. The lowest BCUT2D eigenvalue weighted by molar-refractivity contribution is -0.219. The lowest BCUT2D eigenvalue weighted by Crippen LogP contribution is -2.69. The Balaban J connectivity index is 1.14. The molecule has 268 valence electrons. The van der Waals surface area contributed by atoms with E-state index >= 15 is 8.78 Å². The molecule has 50 heavy (non-hydrogen) atoms. The van der Waals surface area contributed by atoms with Crippen molar-refractivity contribution in [2.24, 2.45) is 28.6 Å². The zero-order valence-corrected chi connectivity index (χ0v) is 28.9. The van der Waals surface area contributed by atoms with Crippen LogP contribution < -0.4 is 15.6 Å². The summed E-state index contributed by atoms with van der Waals surface area (Å²) in [4.78, 5) is 55.0. The van der Waals surface area contributed by atoms with Crippen LogP contribution in [-0.2, 0) is 20.9 Å². The second-order valence-corrected chi connectivity index (χ2v) is 15.4. The van der Waals surface area contributed by atoms with Gasteiger partial charge in [0.2, 0.25) is 11.2 Å². The summed E-state index contributed by atoms with van der Waals surface area (Å²) in [7, 11) is 0. The van der Waals surface area contributed by atoms with Gasteiger partial charge in [-0.15, -0.1) is 0 Å². The van der Waals surface area contributed by atoms with Gasteiger partial charge >= 0.3 is 5.97 Å². The van der Waals surface area contributed by atoms with Crippen molar-refractivity contribution < 1.29 is 38.1 Å². The Kier molecular flexibility index (Phi) is 8.27. The lowest BCUT2D eigenvalue weighted by Gasteiger charge is -2.62. The van der Waals surface area contributed by atoms with Crippen LogP contribution in [0.2, 0.25) is 0 Å².